The predicted octanol–water partition coefficient (Wildman–Crippen LogP) is -0.262. The Hall–Kier alpha value is -0.265. The lowest BCUT2D eigenvalue weighted by molar-refractivity contribution is 1.46. The van der Waals surface area contributed by atoms with Crippen LogP contribution in [0.1, 0.15) is 0 Å². The van der Waals surface area contributed by atoms with Crippen molar-refractivity contribution in [2.45, 2.75) is 6.32 Å². The van der Waals surface area contributed by atoms with Gasteiger partial charge in [0.15, 0.2) is 0 Å². The van der Waals surface area contributed by atoms with Gasteiger partial charge < -0.3 is 4.99 Å². The molecule has 0 aliphatic carbocycles. The monoisotopic (exact) mass is 69.1 g/mol. The van der Waals surface area contributed by atoms with Crippen molar-refractivity contribution in [3.05, 3.63) is 0 Å². The van der Waals surface area contributed by atoms with Crippen molar-refractivity contribution in [2.24, 2.45) is 4.99 Å². The lowest BCUT2D eigenvalue weighted by Crippen LogP contribution is -1.65. The Bertz CT molecular complexity index is 33.9. The van der Waals surface area contributed by atoms with Crippen LogP contribution in [-0.2, 0) is 0 Å². The van der Waals surface area contributed by atoms with Crippen LogP contribution in [0.25, 0.3) is 0 Å². The van der Waals surface area contributed by atoms with Gasteiger partial charge in [0, 0.05) is 7.05 Å². The predicted molar refractivity (Wildman–Crippen MR) is 27.8 cm³/mol. The lowest BCUT2D eigenvalue weighted by Gasteiger charge is -1.65. The summed E-state index contributed by atoms with van der Waals surface area (Å²) < 4.78 is 0. The van der Waals surface area contributed by atoms with Crippen LogP contribution in [0.5, 0.6) is 0 Å². The van der Waals surface area contributed by atoms with Crippen LogP contribution in [0.4, 0.5) is 0 Å². The third-order valence-corrected chi connectivity index (χ3v) is 0.365. The van der Waals surface area contributed by atoms with Gasteiger partial charge in [0.25, 0.3) is 0 Å². The zero-order valence-corrected chi connectivity index (χ0v) is 3.73. The maximum atomic E-state index is 3.73. The van der Waals surface area contributed by atoms with Crippen LogP contribution in [0, 0.1) is 0 Å². The van der Waals surface area contributed by atoms with Crippen LogP contribution in [-0.4, -0.2) is 21.1 Å². The van der Waals surface area contributed by atoms with Crippen LogP contribution in [0.3, 0.4) is 0 Å². The van der Waals surface area contributed by atoms with E-state index in [1.54, 1.807) is 7.05 Å². The summed E-state index contributed by atoms with van der Waals surface area (Å²) in [5.41, 5.74) is 0. The maximum absolute atomic E-state index is 3.73. The number of aliphatic imine (C=N–C) groups is 1. The quantitative estimate of drug-likeness (QED) is 0.297. The van der Waals surface area contributed by atoms with Crippen LogP contribution >= 0.6 is 0 Å². The number of hydrogen-bond donors (Lipinski definition) is 0. The van der Waals surface area contributed by atoms with Crippen molar-refractivity contribution < 1.29 is 0 Å². The van der Waals surface area contributed by atoms with E-state index >= 15 is 0 Å². The highest BCUT2D eigenvalue weighted by atomic mass is 14.6. The minimum absolute atomic E-state index is 1.05. The smallest absolute Gasteiger partial charge is 0.108 e. The van der Waals surface area contributed by atoms with Crippen molar-refractivity contribution in [3.8, 4) is 0 Å². The first-order valence-corrected chi connectivity index (χ1v) is 1.82. The average molecular weight is 68.9 g/mol. The van der Waals surface area contributed by atoms with E-state index in [1.807, 2.05) is 6.21 Å². The van der Waals surface area contributed by atoms with Gasteiger partial charge in [-0.25, -0.2) is 0 Å². The molecule has 0 spiro atoms. The van der Waals surface area contributed by atoms with Crippen molar-refractivity contribution >= 4 is 14.1 Å². The minimum Gasteiger partial charge on any atom is -0.302 e. The Morgan fingerprint density at radius 2 is 2.60 bits per heavy atom. The van der Waals surface area contributed by atoms with Gasteiger partial charge >= 0.3 is 0 Å². The first kappa shape index (κ1) is 4.73. The van der Waals surface area contributed by atoms with E-state index in [0.29, 0.717) is 0 Å². The average Bonchev–Trinajstić information content (AvgIpc) is 1.41. The van der Waals surface area contributed by atoms with Gasteiger partial charge in [0.2, 0.25) is 0 Å². The molecule has 0 aromatic rings. The first-order chi connectivity index (χ1) is 2.41. The van der Waals surface area contributed by atoms with Crippen LogP contribution < -0.4 is 0 Å². The Kier molecular flexibility index (Phi) is 3.54. The molecule has 5 heavy (non-hydrogen) atoms. The molecular formula is C3H8BN. The largest absolute Gasteiger partial charge is 0.302 e. The van der Waals surface area contributed by atoms with E-state index in [9.17, 15) is 0 Å². The summed E-state index contributed by atoms with van der Waals surface area (Å²) >= 11 is 0. The van der Waals surface area contributed by atoms with Gasteiger partial charge in [-0.05, 0) is 12.5 Å². The van der Waals surface area contributed by atoms with Gasteiger partial charge in [-0.15, -0.1) is 0 Å². The number of rotatable bonds is 1. The van der Waals surface area contributed by atoms with E-state index in [1.165, 1.54) is 0 Å². The highest BCUT2D eigenvalue weighted by Gasteiger charge is 1.54. The summed E-state index contributed by atoms with van der Waals surface area (Å²) in [4.78, 5) is 3.73. The third kappa shape index (κ3) is 3.73. The van der Waals surface area contributed by atoms with Crippen molar-refractivity contribution in [2.75, 3.05) is 7.05 Å². The molecular weight excluding hydrogens is 60.9 g/mol. The summed E-state index contributed by atoms with van der Waals surface area (Å²) in [6, 6.07) is 0. The molecule has 0 atom stereocenters. The zero-order valence-electron chi connectivity index (χ0n) is 3.73. The molecule has 2 heteroatoms. The van der Waals surface area contributed by atoms with Gasteiger partial charge in [-0.1, -0.05) is 0 Å². The molecule has 0 unspecified atom stereocenters. The van der Waals surface area contributed by atoms with Crippen molar-refractivity contribution in [3.63, 3.8) is 0 Å². The molecule has 0 radical (unpaired) electrons. The lowest BCUT2D eigenvalue weighted by atomic mass is 10.1. The van der Waals surface area contributed by atoms with Gasteiger partial charge in [0.1, 0.15) is 7.85 Å². The summed E-state index contributed by atoms with van der Waals surface area (Å²) in [5.74, 6) is 0. The fourth-order valence-corrected chi connectivity index (χ4v) is 0.183. The highest BCUT2D eigenvalue weighted by molar-refractivity contribution is 6.16. The fourth-order valence-electron chi connectivity index (χ4n) is 0.183. The van der Waals surface area contributed by atoms with E-state index < -0.39 is 0 Å². The molecule has 0 bridgehead atoms. The molecule has 0 amide bonds. The Morgan fingerprint density at radius 1 is 2.00 bits per heavy atom. The van der Waals surface area contributed by atoms with Crippen molar-refractivity contribution in [1.29, 1.82) is 0 Å². The molecule has 0 N–H and O–H groups in total. The van der Waals surface area contributed by atoms with Gasteiger partial charge in [-0.2, -0.15) is 0 Å². The van der Waals surface area contributed by atoms with Crippen molar-refractivity contribution in [1.82, 2.24) is 0 Å². The summed E-state index contributed by atoms with van der Waals surface area (Å²) in [7, 11) is 3.84. The van der Waals surface area contributed by atoms with E-state index in [4.69, 9.17) is 0 Å². The molecule has 28 valence electrons. The Labute approximate surface area is 33.5 Å². The second-order valence-corrected chi connectivity index (χ2v) is 0.849. The summed E-state index contributed by atoms with van der Waals surface area (Å²) in [6.07, 6.45) is 2.93. The number of hydrogen-bond acceptors (Lipinski definition) is 1. The number of nitrogens with zero attached hydrogens (tertiary/aromatic N) is 1. The second kappa shape index (κ2) is 3.73. The standard InChI is InChI=1S/C3H8BN/c1-5-3-2-4/h3H,2,4H2,1H3/b5-3-. The van der Waals surface area contributed by atoms with Gasteiger partial charge in [0.05, 0.1) is 0 Å². The highest BCUT2D eigenvalue weighted by Crippen LogP contribution is 1.56. The SMILES string of the molecule is BC/C=N\C. The van der Waals surface area contributed by atoms with Crippen LogP contribution in [0.2, 0.25) is 6.32 Å². The zero-order chi connectivity index (χ0) is 4.12. The topological polar surface area (TPSA) is 12.4 Å². The third-order valence-electron chi connectivity index (χ3n) is 0.365. The van der Waals surface area contributed by atoms with Gasteiger partial charge in [-0.3, -0.25) is 0 Å². The molecule has 0 aliphatic heterocycles. The summed E-state index contributed by atoms with van der Waals surface area (Å²) in [6.45, 7) is 0. The second-order valence-electron chi connectivity index (χ2n) is 0.849. The van der Waals surface area contributed by atoms with E-state index in [-0.39, 0.29) is 0 Å². The molecule has 0 aromatic heterocycles. The maximum Gasteiger partial charge on any atom is 0.108 e. The summed E-state index contributed by atoms with van der Waals surface area (Å²) in [5, 5.41) is 0. The Morgan fingerprint density at radius 3 is 2.60 bits per heavy atom. The molecule has 0 heterocycles. The molecule has 0 rings (SSSR count). The van der Waals surface area contributed by atoms with E-state index in [2.05, 4.69) is 12.8 Å². The molecule has 0 fully saturated rings. The Balaban J connectivity index is 2.62. The fraction of sp³-hybridized carbons (Fsp3) is 0.667. The molecule has 0 aromatic carbocycles. The molecule has 0 aliphatic rings. The molecule has 0 saturated carbocycles. The molecule has 0 saturated heterocycles. The van der Waals surface area contributed by atoms with Crippen LogP contribution in [0.15, 0.2) is 4.99 Å². The normalized spacial score (nSPS) is 9.80. The first-order valence-electron chi connectivity index (χ1n) is 1.82. The minimum atomic E-state index is 1.05. The van der Waals surface area contributed by atoms with E-state index in [0.717, 1.165) is 6.32 Å². The molecule has 1 nitrogen and oxygen atoms in total.